The van der Waals surface area contributed by atoms with Crippen LogP contribution in [0, 0.1) is 5.92 Å². The third-order valence-corrected chi connectivity index (χ3v) is 4.59. The quantitative estimate of drug-likeness (QED) is 0.895. The molecular weight excluding hydrogens is 306 g/mol. The molecule has 1 aromatic carbocycles. The third kappa shape index (κ3) is 2.96. The molecule has 104 valence electrons. The van der Waals surface area contributed by atoms with Crippen molar-refractivity contribution in [2.24, 2.45) is 5.92 Å². The molecule has 1 aromatic rings. The van der Waals surface area contributed by atoms with E-state index >= 15 is 0 Å². The average molecular weight is 326 g/mol. The van der Waals surface area contributed by atoms with Crippen LogP contribution in [0.4, 0.5) is 0 Å². The molecule has 0 bridgehead atoms. The van der Waals surface area contributed by atoms with Gasteiger partial charge in [0.15, 0.2) is 0 Å². The minimum atomic E-state index is -0.282. The Labute approximate surface area is 122 Å². The van der Waals surface area contributed by atoms with E-state index in [0.717, 1.165) is 54.7 Å². The molecule has 0 saturated carbocycles. The fraction of sp³-hybridized carbons (Fsp3) is 0.600. The van der Waals surface area contributed by atoms with E-state index in [1.807, 2.05) is 0 Å². The lowest BCUT2D eigenvalue weighted by Crippen LogP contribution is -2.37. The molecule has 2 aliphatic rings. The predicted octanol–water partition coefficient (Wildman–Crippen LogP) is 2.29. The average Bonchev–Trinajstić information content (AvgIpc) is 2.88. The molecule has 0 amide bonds. The van der Waals surface area contributed by atoms with Crippen LogP contribution < -0.4 is 10.1 Å². The summed E-state index contributed by atoms with van der Waals surface area (Å²) in [5, 5.41) is 13.8. The molecule has 0 aromatic heterocycles. The van der Waals surface area contributed by atoms with Crippen molar-refractivity contribution < 1.29 is 9.84 Å². The number of aliphatic hydroxyl groups excluding tert-OH is 1. The SMILES string of the molecule is OC(Cc1cc(Br)cc2c1OCC2)C1CCCNC1. The Kier molecular flexibility index (Phi) is 4.10. The van der Waals surface area contributed by atoms with Gasteiger partial charge in [0.2, 0.25) is 0 Å². The first kappa shape index (κ1) is 13.4. The van der Waals surface area contributed by atoms with Crippen LogP contribution in [0.3, 0.4) is 0 Å². The standard InChI is InChI=1S/C15H20BrNO2/c16-13-6-10-3-5-19-15(10)12(7-13)8-14(18)11-2-1-4-17-9-11/h6-7,11,14,17-18H,1-5,8-9H2. The van der Waals surface area contributed by atoms with Crippen molar-refractivity contribution in [1.82, 2.24) is 5.32 Å². The maximum Gasteiger partial charge on any atom is 0.125 e. The number of nitrogens with one attached hydrogen (secondary N) is 1. The number of fused-ring (bicyclic) bond motifs is 1. The second-order valence-corrected chi connectivity index (χ2v) is 6.45. The monoisotopic (exact) mass is 325 g/mol. The van der Waals surface area contributed by atoms with Gasteiger partial charge in [-0.05, 0) is 48.6 Å². The van der Waals surface area contributed by atoms with Gasteiger partial charge in [-0.3, -0.25) is 0 Å². The lowest BCUT2D eigenvalue weighted by Gasteiger charge is -2.27. The van der Waals surface area contributed by atoms with E-state index in [1.165, 1.54) is 5.56 Å². The third-order valence-electron chi connectivity index (χ3n) is 4.13. The summed E-state index contributed by atoms with van der Waals surface area (Å²) in [6.45, 7) is 2.77. The van der Waals surface area contributed by atoms with Crippen molar-refractivity contribution in [2.75, 3.05) is 19.7 Å². The van der Waals surface area contributed by atoms with Gasteiger partial charge in [0, 0.05) is 23.9 Å². The van der Waals surface area contributed by atoms with Gasteiger partial charge in [-0.25, -0.2) is 0 Å². The smallest absolute Gasteiger partial charge is 0.125 e. The van der Waals surface area contributed by atoms with Gasteiger partial charge in [0.05, 0.1) is 12.7 Å². The molecule has 2 N–H and O–H groups in total. The zero-order valence-electron chi connectivity index (χ0n) is 11.0. The Balaban J connectivity index is 1.75. The van der Waals surface area contributed by atoms with Crippen molar-refractivity contribution >= 4 is 15.9 Å². The van der Waals surface area contributed by atoms with Crippen molar-refractivity contribution in [1.29, 1.82) is 0 Å². The van der Waals surface area contributed by atoms with Crippen molar-refractivity contribution in [3.8, 4) is 5.75 Å². The largest absolute Gasteiger partial charge is 0.493 e. The number of hydrogen-bond donors (Lipinski definition) is 2. The highest BCUT2D eigenvalue weighted by Crippen LogP contribution is 2.34. The summed E-state index contributed by atoms with van der Waals surface area (Å²) in [7, 11) is 0. The van der Waals surface area contributed by atoms with Crippen LogP contribution in [0.2, 0.25) is 0 Å². The first-order chi connectivity index (χ1) is 9.24. The summed E-state index contributed by atoms with van der Waals surface area (Å²) in [5.74, 6) is 1.37. The van der Waals surface area contributed by atoms with Crippen LogP contribution in [-0.4, -0.2) is 30.9 Å². The van der Waals surface area contributed by atoms with E-state index in [4.69, 9.17) is 4.74 Å². The Morgan fingerprint density at radius 3 is 3.16 bits per heavy atom. The first-order valence-corrected chi connectivity index (χ1v) is 7.86. The number of ether oxygens (including phenoxy) is 1. The first-order valence-electron chi connectivity index (χ1n) is 7.07. The highest BCUT2D eigenvalue weighted by atomic mass is 79.9. The van der Waals surface area contributed by atoms with Gasteiger partial charge in [0.1, 0.15) is 5.75 Å². The van der Waals surface area contributed by atoms with Gasteiger partial charge < -0.3 is 15.2 Å². The van der Waals surface area contributed by atoms with E-state index in [0.29, 0.717) is 12.3 Å². The topological polar surface area (TPSA) is 41.5 Å². The summed E-state index contributed by atoms with van der Waals surface area (Å²) < 4.78 is 6.81. The molecule has 19 heavy (non-hydrogen) atoms. The van der Waals surface area contributed by atoms with Crippen LogP contribution >= 0.6 is 15.9 Å². The Bertz CT molecular complexity index is 458. The molecule has 0 spiro atoms. The Hall–Kier alpha value is -0.580. The van der Waals surface area contributed by atoms with Gasteiger partial charge >= 0.3 is 0 Å². The molecule has 2 atom stereocenters. The normalized spacial score (nSPS) is 23.8. The van der Waals surface area contributed by atoms with E-state index in [2.05, 4.69) is 33.4 Å². The van der Waals surface area contributed by atoms with Crippen LogP contribution in [0.5, 0.6) is 5.75 Å². The van der Waals surface area contributed by atoms with Crippen LogP contribution in [-0.2, 0) is 12.8 Å². The summed E-state index contributed by atoms with van der Waals surface area (Å²) in [6.07, 6.45) is 3.66. The Morgan fingerprint density at radius 1 is 1.47 bits per heavy atom. The molecule has 3 nitrogen and oxygen atoms in total. The van der Waals surface area contributed by atoms with Crippen LogP contribution in [0.25, 0.3) is 0 Å². The number of halogens is 1. The molecule has 2 unspecified atom stereocenters. The summed E-state index contributed by atoms with van der Waals surface area (Å²) in [5.41, 5.74) is 2.40. The number of rotatable bonds is 3. The molecule has 2 aliphatic heterocycles. The second-order valence-electron chi connectivity index (χ2n) is 5.53. The number of benzene rings is 1. The molecule has 2 heterocycles. The van der Waals surface area contributed by atoms with E-state index < -0.39 is 0 Å². The van der Waals surface area contributed by atoms with E-state index in [1.54, 1.807) is 0 Å². The Morgan fingerprint density at radius 2 is 2.37 bits per heavy atom. The van der Waals surface area contributed by atoms with Crippen LogP contribution in [0.1, 0.15) is 24.0 Å². The zero-order valence-corrected chi connectivity index (χ0v) is 12.6. The lowest BCUT2D eigenvalue weighted by atomic mass is 9.89. The summed E-state index contributed by atoms with van der Waals surface area (Å²) in [6, 6.07) is 4.21. The molecular formula is C15H20BrNO2. The second kappa shape index (κ2) is 5.81. The summed E-state index contributed by atoms with van der Waals surface area (Å²) in [4.78, 5) is 0. The van der Waals surface area contributed by atoms with E-state index in [9.17, 15) is 5.11 Å². The minimum Gasteiger partial charge on any atom is -0.493 e. The molecule has 0 radical (unpaired) electrons. The van der Waals surface area contributed by atoms with Crippen molar-refractivity contribution in [2.45, 2.75) is 31.8 Å². The maximum absolute atomic E-state index is 10.4. The molecule has 3 rings (SSSR count). The molecule has 0 aliphatic carbocycles. The zero-order chi connectivity index (χ0) is 13.2. The van der Waals surface area contributed by atoms with Gasteiger partial charge in [0.25, 0.3) is 0 Å². The lowest BCUT2D eigenvalue weighted by molar-refractivity contribution is 0.0915. The fourth-order valence-electron chi connectivity index (χ4n) is 3.10. The fourth-order valence-corrected chi connectivity index (χ4v) is 3.65. The summed E-state index contributed by atoms with van der Waals surface area (Å²) >= 11 is 3.55. The highest BCUT2D eigenvalue weighted by Gasteiger charge is 2.25. The molecule has 1 saturated heterocycles. The van der Waals surface area contributed by atoms with Gasteiger partial charge in [-0.15, -0.1) is 0 Å². The number of aliphatic hydroxyl groups is 1. The van der Waals surface area contributed by atoms with Crippen LogP contribution in [0.15, 0.2) is 16.6 Å². The minimum absolute atomic E-state index is 0.282. The number of piperidine rings is 1. The van der Waals surface area contributed by atoms with Crippen molar-refractivity contribution in [3.63, 3.8) is 0 Å². The van der Waals surface area contributed by atoms with E-state index in [-0.39, 0.29) is 6.10 Å². The number of hydrogen-bond acceptors (Lipinski definition) is 3. The molecule has 4 heteroatoms. The molecule has 1 fully saturated rings. The van der Waals surface area contributed by atoms with Gasteiger partial charge in [-0.2, -0.15) is 0 Å². The van der Waals surface area contributed by atoms with Crippen molar-refractivity contribution in [3.05, 3.63) is 27.7 Å². The predicted molar refractivity (Wildman–Crippen MR) is 78.6 cm³/mol. The van der Waals surface area contributed by atoms with Gasteiger partial charge in [-0.1, -0.05) is 15.9 Å². The highest BCUT2D eigenvalue weighted by molar-refractivity contribution is 9.10. The maximum atomic E-state index is 10.4.